The molecule has 2 aromatic rings. The van der Waals surface area contributed by atoms with Crippen LogP contribution in [0.2, 0.25) is 0 Å². The van der Waals surface area contributed by atoms with E-state index in [2.05, 4.69) is 20.8 Å². The Morgan fingerprint density at radius 3 is 2.70 bits per heavy atom. The molecule has 0 saturated carbocycles. The molecule has 0 aliphatic carbocycles. The average molecular weight is 337 g/mol. The number of halogens is 2. The standard InChI is InChI=1S/C16H18BrFN2/c1-11-3-6-15(19)16(9-11)20(2)8-7-12-10-13(17)4-5-14(12)18/h3-6,9-10H,7-8,19H2,1-2H3. The van der Waals surface area contributed by atoms with Crippen molar-refractivity contribution in [3.63, 3.8) is 0 Å². The van der Waals surface area contributed by atoms with E-state index in [1.807, 2.05) is 38.2 Å². The summed E-state index contributed by atoms with van der Waals surface area (Å²) in [4.78, 5) is 2.06. The van der Waals surface area contributed by atoms with Gasteiger partial charge in [0.15, 0.2) is 0 Å². The topological polar surface area (TPSA) is 29.3 Å². The molecule has 0 bridgehead atoms. The highest BCUT2D eigenvalue weighted by Gasteiger charge is 2.08. The van der Waals surface area contributed by atoms with Gasteiger partial charge in [-0.15, -0.1) is 0 Å². The first-order valence-corrected chi connectivity index (χ1v) is 7.28. The van der Waals surface area contributed by atoms with Gasteiger partial charge >= 0.3 is 0 Å². The van der Waals surface area contributed by atoms with Crippen molar-refractivity contribution < 1.29 is 4.39 Å². The van der Waals surface area contributed by atoms with E-state index in [0.717, 1.165) is 21.4 Å². The fourth-order valence-corrected chi connectivity index (χ4v) is 2.54. The van der Waals surface area contributed by atoms with Gasteiger partial charge < -0.3 is 10.6 Å². The minimum atomic E-state index is -0.168. The number of likely N-dealkylation sites (N-methyl/N-ethyl adjacent to an activating group) is 1. The zero-order chi connectivity index (χ0) is 14.7. The predicted octanol–water partition coefficient (Wildman–Crippen LogP) is 4.16. The number of benzene rings is 2. The van der Waals surface area contributed by atoms with Gasteiger partial charge in [0.1, 0.15) is 5.82 Å². The van der Waals surface area contributed by atoms with Gasteiger partial charge in [-0.1, -0.05) is 22.0 Å². The highest BCUT2D eigenvalue weighted by molar-refractivity contribution is 9.10. The maximum absolute atomic E-state index is 13.7. The monoisotopic (exact) mass is 336 g/mol. The van der Waals surface area contributed by atoms with E-state index in [-0.39, 0.29) is 5.82 Å². The summed E-state index contributed by atoms with van der Waals surface area (Å²) >= 11 is 3.37. The maximum atomic E-state index is 13.7. The predicted molar refractivity (Wildman–Crippen MR) is 86.7 cm³/mol. The van der Waals surface area contributed by atoms with Gasteiger partial charge in [0, 0.05) is 18.1 Å². The minimum absolute atomic E-state index is 0.168. The number of nitrogens with two attached hydrogens (primary N) is 1. The van der Waals surface area contributed by atoms with Gasteiger partial charge in [-0.05, 0) is 54.8 Å². The molecule has 0 saturated heterocycles. The van der Waals surface area contributed by atoms with Crippen LogP contribution in [0.15, 0.2) is 40.9 Å². The van der Waals surface area contributed by atoms with E-state index < -0.39 is 0 Å². The minimum Gasteiger partial charge on any atom is -0.397 e. The Kier molecular flexibility index (Phi) is 4.65. The van der Waals surface area contributed by atoms with Crippen molar-refractivity contribution in [2.75, 3.05) is 24.2 Å². The van der Waals surface area contributed by atoms with Gasteiger partial charge in [0.05, 0.1) is 11.4 Å². The molecule has 0 atom stereocenters. The molecule has 106 valence electrons. The summed E-state index contributed by atoms with van der Waals surface area (Å²) < 4.78 is 14.6. The van der Waals surface area contributed by atoms with Gasteiger partial charge in [0.2, 0.25) is 0 Å². The fraction of sp³-hybridized carbons (Fsp3) is 0.250. The first kappa shape index (κ1) is 14.9. The Labute approximate surface area is 127 Å². The van der Waals surface area contributed by atoms with Gasteiger partial charge in [-0.3, -0.25) is 0 Å². The van der Waals surface area contributed by atoms with Crippen molar-refractivity contribution in [3.8, 4) is 0 Å². The van der Waals surface area contributed by atoms with Crippen LogP contribution in [0.4, 0.5) is 15.8 Å². The molecule has 0 aliphatic heterocycles. The maximum Gasteiger partial charge on any atom is 0.126 e. The van der Waals surface area contributed by atoms with Gasteiger partial charge in [-0.2, -0.15) is 0 Å². The molecule has 0 unspecified atom stereocenters. The summed E-state index contributed by atoms with van der Waals surface area (Å²) in [6.07, 6.45) is 0.634. The Balaban J connectivity index is 2.10. The lowest BCUT2D eigenvalue weighted by molar-refractivity contribution is 0.608. The number of nitrogens with zero attached hydrogens (tertiary/aromatic N) is 1. The molecular formula is C16H18BrFN2. The molecule has 0 aromatic heterocycles. The second-order valence-corrected chi connectivity index (χ2v) is 5.89. The van der Waals surface area contributed by atoms with Crippen LogP contribution in [0.1, 0.15) is 11.1 Å². The van der Waals surface area contributed by atoms with Crippen LogP contribution in [0.25, 0.3) is 0 Å². The lowest BCUT2D eigenvalue weighted by atomic mass is 10.1. The van der Waals surface area contributed by atoms with Crippen LogP contribution in [0.5, 0.6) is 0 Å². The Hall–Kier alpha value is -1.55. The van der Waals surface area contributed by atoms with Crippen molar-refractivity contribution in [2.24, 2.45) is 0 Å². The van der Waals surface area contributed by atoms with E-state index >= 15 is 0 Å². The highest BCUT2D eigenvalue weighted by Crippen LogP contribution is 2.24. The van der Waals surface area contributed by atoms with Crippen molar-refractivity contribution in [3.05, 3.63) is 57.8 Å². The average Bonchev–Trinajstić information content (AvgIpc) is 2.42. The normalized spacial score (nSPS) is 10.6. The number of hydrogen-bond donors (Lipinski definition) is 1. The lowest BCUT2D eigenvalue weighted by Gasteiger charge is -2.21. The fourth-order valence-electron chi connectivity index (χ4n) is 2.13. The lowest BCUT2D eigenvalue weighted by Crippen LogP contribution is -2.21. The van der Waals surface area contributed by atoms with Crippen molar-refractivity contribution in [1.29, 1.82) is 0 Å². The zero-order valence-electron chi connectivity index (χ0n) is 11.7. The molecule has 0 radical (unpaired) electrons. The molecule has 20 heavy (non-hydrogen) atoms. The number of anilines is 2. The van der Waals surface area contributed by atoms with Crippen molar-refractivity contribution >= 4 is 27.3 Å². The Morgan fingerprint density at radius 2 is 1.95 bits per heavy atom. The molecule has 0 heterocycles. The van der Waals surface area contributed by atoms with Crippen molar-refractivity contribution in [1.82, 2.24) is 0 Å². The quantitative estimate of drug-likeness (QED) is 0.849. The second kappa shape index (κ2) is 6.27. The van der Waals surface area contributed by atoms with Crippen LogP contribution < -0.4 is 10.6 Å². The van der Waals surface area contributed by atoms with E-state index in [9.17, 15) is 4.39 Å². The smallest absolute Gasteiger partial charge is 0.126 e. The van der Waals surface area contributed by atoms with Crippen LogP contribution in [-0.2, 0) is 6.42 Å². The number of hydrogen-bond acceptors (Lipinski definition) is 2. The number of rotatable bonds is 4. The van der Waals surface area contributed by atoms with Crippen LogP contribution in [-0.4, -0.2) is 13.6 Å². The summed E-state index contributed by atoms with van der Waals surface area (Å²) in [5, 5.41) is 0. The first-order chi connectivity index (χ1) is 9.47. The van der Waals surface area contributed by atoms with E-state index in [0.29, 0.717) is 18.5 Å². The molecule has 2 nitrogen and oxygen atoms in total. The van der Waals surface area contributed by atoms with E-state index in [1.54, 1.807) is 6.07 Å². The Morgan fingerprint density at radius 1 is 1.20 bits per heavy atom. The summed E-state index contributed by atoms with van der Waals surface area (Å²) in [7, 11) is 1.97. The first-order valence-electron chi connectivity index (χ1n) is 6.48. The van der Waals surface area contributed by atoms with Gasteiger partial charge in [0.25, 0.3) is 0 Å². The summed E-state index contributed by atoms with van der Waals surface area (Å²) in [5.74, 6) is -0.168. The largest absolute Gasteiger partial charge is 0.397 e. The van der Waals surface area contributed by atoms with Crippen LogP contribution in [0, 0.1) is 12.7 Å². The third-order valence-electron chi connectivity index (χ3n) is 3.32. The zero-order valence-corrected chi connectivity index (χ0v) is 13.2. The molecular weight excluding hydrogens is 319 g/mol. The molecule has 2 N–H and O–H groups in total. The van der Waals surface area contributed by atoms with Crippen LogP contribution >= 0.6 is 15.9 Å². The molecule has 2 aromatic carbocycles. The van der Waals surface area contributed by atoms with E-state index in [4.69, 9.17) is 5.73 Å². The highest BCUT2D eigenvalue weighted by atomic mass is 79.9. The Bertz CT molecular complexity index is 613. The van der Waals surface area contributed by atoms with Crippen LogP contribution in [0.3, 0.4) is 0 Å². The molecule has 0 fully saturated rings. The number of aryl methyl sites for hydroxylation is 1. The second-order valence-electron chi connectivity index (χ2n) is 4.97. The molecule has 2 rings (SSSR count). The van der Waals surface area contributed by atoms with Gasteiger partial charge in [-0.25, -0.2) is 4.39 Å². The number of nitrogen functional groups attached to an aromatic ring is 1. The summed E-state index contributed by atoms with van der Waals surface area (Å²) in [6.45, 7) is 2.74. The molecule has 4 heteroatoms. The summed E-state index contributed by atoms with van der Waals surface area (Å²) in [6, 6.07) is 11.0. The molecule has 0 spiro atoms. The SMILES string of the molecule is Cc1ccc(N)c(N(C)CCc2cc(Br)ccc2F)c1. The van der Waals surface area contributed by atoms with Crippen molar-refractivity contribution in [2.45, 2.75) is 13.3 Å². The third kappa shape index (κ3) is 3.51. The molecule has 0 amide bonds. The summed E-state index contributed by atoms with van der Waals surface area (Å²) in [5.41, 5.74) is 9.59. The third-order valence-corrected chi connectivity index (χ3v) is 3.81. The molecule has 0 aliphatic rings. The van der Waals surface area contributed by atoms with E-state index in [1.165, 1.54) is 6.07 Å².